The summed E-state index contributed by atoms with van der Waals surface area (Å²) in [7, 11) is 0. The number of hydrogen-bond acceptors (Lipinski definition) is 4. The van der Waals surface area contributed by atoms with Crippen LogP contribution >= 0.6 is 0 Å². The first-order valence-electron chi connectivity index (χ1n) is 6.99. The van der Waals surface area contributed by atoms with E-state index in [0.29, 0.717) is 0 Å². The van der Waals surface area contributed by atoms with E-state index in [1.165, 1.54) is 18.3 Å². The molecule has 1 aromatic carbocycles. The van der Waals surface area contributed by atoms with Crippen LogP contribution in [0.1, 0.15) is 17.2 Å². The Bertz CT molecular complexity index is 761. The number of benzene rings is 1. The summed E-state index contributed by atoms with van der Waals surface area (Å²) in [6.07, 6.45) is 4.24. The third-order valence-electron chi connectivity index (χ3n) is 3.50. The van der Waals surface area contributed by atoms with Gasteiger partial charge in [0.25, 0.3) is 5.91 Å². The lowest BCUT2D eigenvalue weighted by Crippen LogP contribution is -2.32. The highest BCUT2D eigenvalue weighted by molar-refractivity contribution is 6.02. The molecule has 1 aliphatic heterocycles. The number of nitrogens with zero attached hydrogens (tertiary/aromatic N) is 2. The maximum absolute atomic E-state index is 13.5. The molecule has 0 saturated carbocycles. The van der Waals surface area contributed by atoms with E-state index in [-0.39, 0.29) is 12.2 Å². The van der Waals surface area contributed by atoms with E-state index in [1.807, 2.05) is 30.3 Å². The Morgan fingerprint density at radius 1 is 1.30 bits per heavy atom. The van der Waals surface area contributed by atoms with Crippen LogP contribution in [0.3, 0.4) is 0 Å². The van der Waals surface area contributed by atoms with E-state index in [9.17, 15) is 14.0 Å². The fourth-order valence-electron chi connectivity index (χ4n) is 2.35. The smallest absolute Gasteiger partial charge is 0.417 e. The zero-order chi connectivity index (χ0) is 16.2. The highest BCUT2D eigenvalue weighted by atomic mass is 19.1. The first kappa shape index (κ1) is 14.9. The van der Waals surface area contributed by atoms with Crippen molar-refractivity contribution in [2.75, 3.05) is 6.61 Å². The lowest BCUT2D eigenvalue weighted by atomic mass is 10.1. The molecule has 6 heteroatoms. The minimum Gasteiger partial charge on any atom is -0.446 e. The molecule has 1 aromatic heterocycles. The summed E-state index contributed by atoms with van der Waals surface area (Å²) in [5.41, 5.74) is 1.02. The van der Waals surface area contributed by atoms with Crippen LogP contribution in [0.15, 0.2) is 54.9 Å². The van der Waals surface area contributed by atoms with E-state index < -0.39 is 23.9 Å². The fraction of sp³-hybridized carbons (Fsp3) is 0.118. The van der Waals surface area contributed by atoms with Crippen LogP contribution in [0, 0.1) is 5.82 Å². The fourth-order valence-corrected chi connectivity index (χ4v) is 2.35. The van der Waals surface area contributed by atoms with Crippen LogP contribution in [0.2, 0.25) is 0 Å². The van der Waals surface area contributed by atoms with Gasteiger partial charge in [-0.2, -0.15) is 0 Å². The molecule has 0 aliphatic carbocycles. The van der Waals surface area contributed by atoms with E-state index in [2.05, 4.69) is 4.98 Å². The maximum atomic E-state index is 13.5. The number of rotatable bonds is 3. The molecule has 0 spiro atoms. The van der Waals surface area contributed by atoms with Crippen LogP contribution in [-0.4, -0.2) is 28.5 Å². The summed E-state index contributed by atoms with van der Waals surface area (Å²) in [4.78, 5) is 28.8. The summed E-state index contributed by atoms with van der Waals surface area (Å²) in [5.74, 6) is -1.10. The number of ether oxygens (including phenoxy) is 1. The van der Waals surface area contributed by atoms with Gasteiger partial charge in [-0.3, -0.25) is 9.78 Å². The molecule has 2 amide bonds. The molecule has 2 heterocycles. The minimum atomic E-state index is -0.705. The van der Waals surface area contributed by atoms with Crippen molar-refractivity contribution in [3.05, 3.63) is 71.8 Å². The van der Waals surface area contributed by atoms with Crippen LogP contribution in [0.4, 0.5) is 9.18 Å². The lowest BCUT2D eigenvalue weighted by Gasteiger charge is -2.18. The maximum Gasteiger partial charge on any atom is 0.417 e. The predicted molar refractivity (Wildman–Crippen MR) is 80.6 cm³/mol. The van der Waals surface area contributed by atoms with E-state index in [1.54, 1.807) is 0 Å². The van der Waals surface area contributed by atoms with Gasteiger partial charge in [0.2, 0.25) is 0 Å². The molecule has 0 bridgehead atoms. The second kappa shape index (κ2) is 6.39. The number of imide groups is 1. The Kier molecular flexibility index (Phi) is 4.14. The van der Waals surface area contributed by atoms with Gasteiger partial charge in [0.1, 0.15) is 18.5 Å². The van der Waals surface area contributed by atoms with Crippen molar-refractivity contribution >= 4 is 18.1 Å². The molecule has 23 heavy (non-hydrogen) atoms. The molecule has 1 atom stereocenters. The topological polar surface area (TPSA) is 59.5 Å². The van der Waals surface area contributed by atoms with Crippen molar-refractivity contribution in [3.8, 4) is 0 Å². The van der Waals surface area contributed by atoms with Crippen molar-refractivity contribution < 1.29 is 18.7 Å². The number of cyclic esters (lactones) is 1. The van der Waals surface area contributed by atoms with Gasteiger partial charge < -0.3 is 4.74 Å². The molecule has 2 aromatic rings. The summed E-state index contributed by atoms with van der Waals surface area (Å²) < 4.78 is 18.5. The molecule has 0 radical (unpaired) electrons. The summed E-state index contributed by atoms with van der Waals surface area (Å²) in [6.45, 7) is 0.103. The number of halogens is 1. The zero-order valence-corrected chi connectivity index (χ0v) is 12.1. The van der Waals surface area contributed by atoms with Gasteiger partial charge >= 0.3 is 6.09 Å². The molecule has 116 valence electrons. The Hall–Kier alpha value is -3.02. The Morgan fingerprint density at radius 2 is 2.09 bits per heavy atom. The highest BCUT2D eigenvalue weighted by Crippen LogP contribution is 2.27. The SMILES string of the molecule is O=C(C=Cc1ccncc1F)N1C(=O)OCC1c1ccccc1. The van der Waals surface area contributed by atoms with Crippen molar-refractivity contribution in [2.24, 2.45) is 0 Å². The number of hydrogen-bond donors (Lipinski definition) is 0. The molecule has 1 saturated heterocycles. The first-order valence-corrected chi connectivity index (χ1v) is 6.99. The van der Waals surface area contributed by atoms with Gasteiger partial charge in [0.15, 0.2) is 0 Å². The second-order valence-corrected chi connectivity index (χ2v) is 4.94. The monoisotopic (exact) mass is 312 g/mol. The van der Waals surface area contributed by atoms with Crippen molar-refractivity contribution in [1.29, 1.82) is 0 Å². The number of carbonyl (C=O) groups excluding carboxylic acids is 2. The highest BCUT2D eigenvalue weighted by Gasteiger charge is 2.37. The largest absolute Gasteiger partial charge is 0.446 e. The quantitative estimate of drug-likeness (QED) is 0.818. The predicted octanol–water partition coefficient (Wildman–Crippen LogP) is 2.95. The van der Waals surface area contributed by atoms with Gasteiger partial charge in [-0.05, 0) is 17.7 Å². The van der Waals surface area contributed by atoms with Crippen LogP contribution < -0.4 is 0 Å². The standard InChI is InChI=1S/C17H13FN2O3/c18-14-10-19-9-8-12(14)6-7-16(21)20-15(11-23-17(20)22)13-4-2-1-3-5-13/h1-10,15H,11H2. The van der Waals surface area contributed by atoms with Gasteiger partial charge in [-0.1, -0.05) is 30.3 Å². The normalized spacial score (nSPS) is 17.5. The third-order valence-corrected chi connectivity index (χ3v) is 3.50. The lowest BCUT2D eigenvalue weighted by molar-refractivity contribution is -0.124. The minimum absolute atomic E-state index is 0.103. The molecule has 0 N–H and O–H groups in total. The van der Waals surface area contributed by atoms with E-state index in [0.717, 1.165) is 22.7 Å². The molecule has 3 rings (SSSR count). The van der Waals surface area contributed by atoms with Crippen LogP contribution in [-0.2, 0) is 9.53 Å². The van der Waals surface area contributed by atoms with Crippen LogP contribution in [0.5, 0.6) is 0 Å². The van der Waals surface area contributed by atoms with Crippen molar-refractivity contribution in [3.63, 3.8) is 0 Å². The Balaban J connectivity index is 1.82. The van der Waals surface area contributed by atoms with Crippen LogP contribution in [0.25, 0.3) is 6.08 Å². The zero-order valence-electron chi connectivity index (χ0n) is 12.1. The van der Waals surface area contributed by atoms with E-state index in [4.69, 9.17) is 4.74 Å². The average Bonchev–Trinajstić information content (AvgIpc) is 2.96. The second-order valence-electron chi connectivity index (χ2n) is 4.94. The van der Waals surface area contributed by atoms with Gasteiger partial charge in [-0.15, -0.1) is 0 Å². The Morgan fingerprint density at radius 3 is 2.83 bits per heavy atom. The average molecular weight is 312 g/mol. The molecule has 1 unspecified atom stereocenters. The third kappa shape index (κ3) is 3.11. The summed E-state index contributed by atoms with van der Waals surface area (Å²) >= 11 is 0. The molecule has 1 fully saturated rings. The molecule has 5 nitrogen and oxygen atoms in total. The van der Waals surface area contributed by atoms with Gasteiger partial charge in [-0.25, -0.2) is 14.1 Å². The molecular weight excluding hydrogens is 299 g/mol. The number of pyridine rings is 1. The number of aromatic nitrogens is 1. The summed E-state index contributed by atoms with van der Waals surface area (Å²) in [6, 6.07) is 10.1. The van der Waals surface area contributed by atoms with Crippen molar-refractivity contribution in [1.82, 2.24) is 9.88 Å². The van der Waals surface area contributed by atoms with E-state index >= 15 is 0 Å². The number of carbonyl (C=O) groups is 2. The molecule has 1 aliphatic rings. The summed E-state index contributed by atoms with van der Waals surface area (Å²) in [5, 5.41) is 0. The number of amides is 2. The van der Waals surface area contributed by atoms with Gasteiger partial charge in [0.05, 0.1) is 6.20 Å². The molecular formula is C17H13FN2O3. The van der Waals surface area contributed by atoms with Gasteiger partial charge in [0, 0.05) is 17.8 Å². The first-order chi connectivity index (χ1) is 11.2. The Labute approximate surface area is 132 Å². The van der Waals surface area contributed by atoms with Crippen molar-refractivity contribution in [2.45, 2.75) is 6.04 Å².